The van der Waals surface area contributed by atoms with Crippen LogP contribution in [0.5, 0.6) is 0 Å². The highest BCUT2D eigenvalue weighted by Crippen LogP contribution is 2.31. The Bertz CT molecular complexity index is 756. The average Bonchev–Trinajstić information content (AvgIpc) is 2.35. The van der Waals surface area contributed by atoms with Gasteiger partial charge in [-0.15, -0.1) is 0 Å². The van der Waals surface area contributed by atoms with Crippen molar-refractivity contribution in [2.24, 2.45) is 0 Å². The summed E-state index contributed by atoms with van der Waals surface area (Å²) < 4.78 is 27.0. The third-order valence-electron chi connectivity index (χ3n) is 2.64. The van der Waals surface area contributed by atoms with E-state index in [2.05, 4.69) is 4.72 Å². The molecule has 0 saturated heterocycles. The fourth-order valence-electron chi connectivity index (χ4n) is 1.73. The van der Waals surface area contributed by atoms with Gasteiger partial charge in [-0.3, -0.25) is 0 Å². The van der Waals surface area contributed by atoms with E-state index in [0.717, 1.165) is 0 Å². The first kappa shape index (κ1) is 16.4. The minimum atomic E-state index is -3.86. The van der Waals surface area contributed by atoms with Crippen molar-refractivity contribution >= 4 is 50.5 Å². The predicted octanol–water partition coefficient (Wildman–Crippen LogP) is 3.71. The number of nitrogens with one attached hydrogen (secondary N) is 1. The van der Waals surface area contributed by atoms with Crippen LogP contribution in [0.4, 0.5) is 5.69 Å². The molecular formula is C13H11Cl3N2O2S. The lowest BCUT2D eigenvalue weighted by molar-refractivity contribution is 0.581. The van der Waals surface area contributed by atoms with Crippen LogP contribution in [0.1, 0.15) is 5.56 Å². The molecule has 4 nitrogen and oxygen atoms in total. The zero-order chi connectivity index (χ0) is 15.6. The Kier molecular flexibility index (Phi) is 5.01. The standard InChI is InChI=1S/C13H11Cl3N2O2S/c14-9-3-1-2-8(4-9)7-18-21(19,20)13-11(15)5-10(17)6-12(13)16/h1-6,18H,7,17H2. The summed E-state index contributed by atoms with van der Waals surface area (Å²) in [6, 6.07) is 9.52. The van der Waals surface area contributed by atoms with Gasteiger partial charge >= 0.3 is 0 Å². The van der Waals surface area contributed by atoms with Crippen LogP contribution in [0.2, 0.25) is 15.1 Å². The van der Waals surface area contributed by atoms with Gasteiger partial charge in [0.15, 0.2) is 0 Å². The molecule has 0 unspecified atom stereocenters. The lowest BCUT2D eigenvalue weighted by Gasteiger charge is -2.11. The molecule has 0 aliphatic heterocycles. The Morgan fingerprint density at radius 2 is 1.67 bits per heavy atom. The SMILES string of the molecule is Nc1cc(Cl)c(S(=O)(=O)NCc2cccc(Cl)c2)c(Cl)c1. The number of hydrogen-bond acceptors (Lipinski definition) is 3. The molecule has 0 amide bonds. The molecule has 0 bridgehead atoms. The lowest BCUT2D eigenvalue weighted by Crippen LogP contribution is -2.24. The third kappa shape index (κ3) is 4.02. The summed E-state index contributed by atoms with van der Waals surface area (Å²) in [5.41, 5.74) is 6.56. The molecule has 0 aliphatic carbocycles. The van der Waals surface area contributed by atoms with Crippen molar-refractivity contribution in [3.8, 4) is 0 Å². The summed E-state index contributed by atoms with van der Waals surface area (Å²) >= 11 is 17.7. The van der Waals surface area contributed by atoms with E-state index in [1.807, 2.05) is 0 Å². The number of nitrogens with two attached hydrogens (primary N) is 1. The Labute approximate surface area is 137 Å². The molecule has 8 heteroatoms. The summed E-state index contributed by atoms with van der Waals surface area (Å²) in [7, 11) is -3.86. The molecule has 0 aliphatic rings. The first-order valence-electron chi connectivity index (χ1n) is 5.78. The zero-order valence-electron chi connectivity index (χ0n) is 10.6. The highest BCUT2D eigenvalue weighted by molar-refractivity contribution is 7.89. The van der Waals surface area contributed by atoms with E-state index in [1.54, 1.807) is 24.3 Å². The second kappa shape index (κ2) is 6.42. The minimum Gasteiger partial charge on any atom is -0.399 e. The number of rotatable bonds is 4. The zero-order valence-corrected chi connectivity index (χ0v) is 13.7. The molecule has 2 aromatic rings. The number of anilines is 1. The molecule has 0 atom stereocenters. The molecule has 0 saturated carbocycles. The first-order valence-corrected chi connectivity index (χ1v) is 8.40. The molecule has 3 N–H and O–H groups in total. The van der Waals surface area contributed by atoms with Crippen molar-refractivity contribution in [2.45, 2.75) is 11.4 Å². The maximum Gasteiger partial charge on any atom is 0.243 e. The Morgan fingerprint density at radius 3 is 2.24 bits per heavy atom. The fourth-order valence-corrected chi connectivity index (χ4v) is 4.19. The molecule has 2 rings (SSSR count). The van der Waals surface area contributed by atoms with Crippen molar-refractivity contribution in [1.29, 1.82) is 0 Å². The summed E-state index contributed by atoms with van der Waals surface area (Å²) in [5.74, 6) is 0. The van der Waals surface area contributed by atoms with Crippen LogP contribution in [-0.2, 0) is 16.6 Å². The predicted molar refractivity (Wildman–Crippen MR) is 86.4 cm³/mol. The third-order valence-corrected chi connectivity index (χ3v) is 5.20. The maximum absolute atomic E-state index is 12.3. The molecule has 112 valence electrons. The molecule has 0 radical (unpaired) electrons. The van der Waals surface area contributed by atoms with Crippen molar-refractivity contribution in [2.75, 3.05) is 5.73 Å². The van der Waals surface area contributed by atoms with Gasteiger partial charge in [0, 0.05) is 17.3 Å². The molecule has 0 heterocycles. The second-order valence-corrected chi connectivity index (χ2v) is 7.22. The second-order valence-electron chi connectivity index (χ2n) is 4.27. The maximum atomic E-state index is 12.3. The summed E-state index contributed by atoms with van der Waals surface area (Å²) in [5, 5.41) is 0.465. The van der Waals surface area contributed by atoms with Crippen molar-refractivity contribution in [3.63, 3.8) is 0 Å². The van der Waals surface area contributed by atoms with E-state index >= 15 is 0 Å². The van der Waals surface area contributed by atoms with E-state index < -0.39 is 10.0 Å². The smallest absolute Gasteiger partial charge is 0.243 e. The average molecular weight is 366 g/mol. The van der Waals surface area contributed by atoms with E-state index in [0.29, 0.717) is 16.3 Å². The van der Waals surface area contributed by atoms with Gasteiger partial charge in [0.25, 0.3) is 0 Å². The number of sulfonamides is 1. The molecular weight excluding hydrogens is 355 g/mol. The normalized spacial score (nSPS) is 11.6. The largest absolute Gasteiger partial charge is 0.399 e. The quantitative estimate of drug-likeness (QED) is 0.811. The van der Waals surface area contributed by atoms with Gasteiger partial charge in [0.2, 0.25) is 10.0 Å². The number of halogens is 3. The lowest BCUT2D eigenvalue weighted by atomic mass is 10.2. The topological polar surface area (TPSA) is 72.2 Å². The number of benzene rings is 2. The monoisotopic (exact) mass is 364 g/mol. The number of nitrogen functional groups attached to an aromatic ring is 1. The van der Waals surface area contributed by atoms with Crippen LogP contribution in [-0.4, -0.2) is 8.42 Å². The summed E-state index contributed by atoms with van der Waals surface area (Å²) in [4.78, 5) is -0.193. The van der Waals surface area contributed by atoms with Gasteiger partial charge < -0.3 is 5.73 Å². The van der Waals surface area contributed by atoms with Crippen molar-refractivity contribution in [1.82, 2.24) is 4.72 Å². The van der Waals surface area contributed by atoms with Gasteiger partial charge in [-0.2, -0.15) is 0 Å². The van der Waals surface area contributed by atoms with E-state index in [-0.39, 0.29) is 21.5 Å². The van der Waals surface area contributed by atoms with Gasteiger partial charge in [0.1, 0.15) is 4.90 Å². The van der Waals surface area contributed by atoms with Gasteiger partial charge in [-0.05, 0) is 29.8 Å². The summed E-state index contributed by atoms with van der Waals surface area (Å²) in [6.45, 7) is 0.0694. The Morgan fingerprint density at radius 1 is 1.05 bits per heavy atom. The van der Waals surface area contributed by atoms with E-state index in [9.17, 15) is 8.42 Å². The van der Waals surface area contributed by atoms with Gasteiger partial charge in [-0.1, -0.05) is 46.9 Å². The highest BCUT2D eigenvalue weighted by Gasteiger charge is 2.22. The Balaban J connectivity index is 2.27. The van der Waals surface area contributed by atoms with Gasteiger partial charge in [-0.25, -0.2) is 13.1 Å². The first-order chi connectivity index (χ1) is 9.79. The minimum absolute atomic E-state index is 0.0291. The summed E-state index contributed by atoms with van der Waals surface area (Å²) in [6.07, 6.45) is 0. The fraction of sp³-hybridized carbons (Fsp3) is 0.0769. The number of hydrogen-bond donors (Lipinski definition) is 2. The van der Waals surface area contributed by atoms with Crippen LogP contribution < -0.4 is 10.5 Å². The molecule has 21 heavy (non-hydrogen) atoms. The van der Waals surface area contributed by atoms with Crippen molar-refractivity contribution < 1.29 is 8.42 Å². The molecule has 0 fully saturated rings. The molecule has 0 spiro atoms. The van der Waals surface area contributed by atoms with Crippen LogP contribution >= 0.6 is 34.8 Å². The Hall–Kier alpha value is -0.980. The molecule has 2 aromatic carbocycles. The van der Waals surface area contributed by atoms with Crippen LogP contribution in [0, 0.1) is 0 Å². The highest BCUT2D eigenvalue weighted by atomic mass is 35.5. The van der Waals surface area contributed by atoms with Crippen LogP contribution in [0.25, 0.3) is 0 Å². The molecule has 0 aromatic heterocycles. The van der Waals surface area contributed by atoms with Crippen LogP contribution in [0.15, 0.2) is 41.3 Å². The van der Waals surface area contributed by atoms with Crippen molar-refractivity contribution in [3.05, 3.63) is 57.0 Å². The van der Waals surface area contributed by atoms with Gasteiger partial charge in [0.05, 0.1) is 10.0 Å². The van der Waals surface area contributed by atoms with E-state index in [1.165, 1.54) is 12.1 Å². The van der Waals surface area contributed by atoms with E-state index in [4.69, 9.17) is 40.5 Å². The van der Waals surface area contributed by atoms with Crippen LogP contribution in [0.3, 0.4) is 0 Å².